The number of hydrogen-bond donors (Lipinski definition) is 1. The number of halogens is 2. The number of benzene rings is 2. The van der Waals surface area contributed by atoms with Crippen LogP contribution in [0.1, 0.15) is 35.7 Å². The molecule has 1 aliphatic rings. The van der Waals surface area contributed by atoms with Crippen LogP contribution in [0.5, 0.6) is 0 Å². The number of oxazole rings is 1. The molecule has 0 radical (unpaired) electrons. The highest BCUT2D eigenvalue weighted by Crippen LogP contribution is 2.31. The summed E-state index contributed by atoms with van der Waals surface area (Å²) in [7, 11) is 0. The SMILES string of the molecule is Cc1cc(F)c(-c2ncccn2)c(C(=O)N2CCCC(C)C2CNc2nc3cc(F)ccc3o2)c1. The van der Waals surface area contributed by atoms with Gasteiger partial charge in [0, 0.05) is 31.5 Å². The molecule has 3 heterocycles. The zero-order chi connectivity index (χ0) is 24.5. The molecule has 35 heavy (non-hydrogen) atoms. The number of likely N-dealkylation sites (tertiary alicyclic amines) is 1. The van der Waals surface area contributed by atoms with Crippen LogP contribution in [-0.4, -0.2) is 44.9 Å². The monoisotopic (exact) mass is 477 g/mol. The largest absolute Gasteiger partial charge is 0.424 e. The molecule has 0 saturated carbocycles. The Kier molecular flexibility index (Phi) is 6.15. The van der Waals surface area contributed by atoms with Gasteiger partial charge in [-0.15, -0.1) is 0 Å². The van der Waals surface area contributed by atoms with E-state index in [2.05, 4.69) is 27.2 Å². The molecule has 1 fully saturated rings. The van der Waals surface area contributed by atoms with E-state index in [0.717, 1.165) is 12.8 Å². The molecule has 9 heteroatoms. The summed E-state index contributed by atoms with van der Waals surface area (Å²) in [4.78, 5) is 28.3. The van der Waals surface area contributed by atoms with E-state index in [0.29, 0.717) is 29.8 Å². The number of piperidine rings is 1. The van der Waals surface area contributed by atoms with Crippen LogP contribution in [0.25, 0.3) is 22.5 Å². The van der Waals surface area contributed by atoms with Crippen molar-refractivity contribution in [2.24, 2.45) is 5.92 Å². The summed E-state index contributed by atoms with van der Waals surface area (Å²) in [6, 6.07) is 8.95. The molecule has 4 aromatic rings. The number of fused-ring (bicyclic) bond motifs is 1. The van der Waals surface area contributed by atoms with Crippen LogP contribution in [0, 0.1) is 24.5 Å². The van der Waals surface area contributed by atoms with Crippen LogP contribution in [0.4, 0.5) is 14.8 Å². The van der Waals surface area contributed by atoms with Crippen molar-refractivity contribution in [3.63, 3.8) is 0 Å². The Labute approximate surface area is 201 Å². The molecule has 1 amide bonds. The number of hydrogen-bond acceptors (Lipinski definition) is 6. The smallest absolute Gasteiger partial charge is 0.295 e. The first-order chi connectivity index (χ1) is 16.9. The number of nitrogens with zero attached hydrogens (tertiary/aromatic N) is 4. The summed E-state index contributed by atoms with van der Waals surface area (Å²) < 4.78 is 34.3. The number of carbonyl (C=O) groups excluding carboxylic acids is 1. The maximum absolute atomic E-state index is 15.1. The topological polar surface area (TPSA) is 84.2 Å². The number of amides is 1. The molecule has 1 saturated heterocycles. The van der Waals surface area contributed by atoms with Crippen molar-refractivity contribution < 1.29 is 18.0 Å². The maximum atomic E-state index is 15.1. The Bertz CT molecular complexity index is 1380. The van der Waals surface area contributed by atoms with Gasteiger partial charge in [0.15, 0.2) is 11.4 Å². The fourth-order valence-corrected chi connectivity index (χ4v) is 4.70. The quantitative estimate of drug-likeness (QED) is 0.424. The number of nitrogens with one attached hydrogen (secondary N) is 1. The Morgan fingerprint density at radius 2 is 2.00 bits per heavy atom. The van der Waals surface area contributed by atoms with Gasteiger partial charge in [-0.05, 0) is 61.6 Å². The van der Waals surface area contributed by atoms with Crippen LogP contribution < -0.4 is 5.32 Å². The summed E-state index contributed by atoms with van der Waals surface area (Å²) >= 11 is 0. The number of aromatic nitrogens is 3. The van der Waals surface area contributed by atoms with Crippen molar-refractivity contribution in [2.45, 2.75) is 32.7 Å². The van der Waals surface area contributed by atoms with Gasteiger partial charge in [-0.25, -0.2) is 18.7 Å². The lowest BCUT2D eigenvalue weighted by molar-refractivity contribution is 0.0539. The van der Waals surface area contributed by atoms with E-state index in [1.807, 2.05) is 0 Å². The molecule has 0 aliphatic carbocycles. The summed E-state index contributed by atoms with van der Waals surface area (Å²) in [5, 5.41) is 3.17. The first-order valence-electron chi connectivity index (χ1n) is 11.6. The predicted molar refractivity (Wildman–Crippen MR) is 128 cm³/mol. The van der Waals surface area contributed by atoms with Crippen molar-refractivity contribution in [1.29, 1.82) is 0 Å². The van der Waals surface area contributed by atoms with Gasteiger partial charge in [0.05, 0.1) is 17.2 Å². The highest BCUT2D eigenvalue weighted by molar-refractivity contribution is 6.00. The standard InChI is InChI=1S/C26H25F2N5O2/c1-15-11-18(23(19(28)12-15)24-29-8-4-9-30-24)25(34)33-10-3-5-16(2)21(33)14-31-26-32-20-13-17(27)6-7-22(20)35-26/h4,6-9,11-13,16,21H,3,5,10,14H2,1-2H3,(H,31,32). The van der Waals surface area contributed by atoms with Crippen LogP contribution in [0.2, 0.25) is 0 Å². The molecular weight excluding hydrogens is 452 g/mol. The number of carbonyl (C=O) groups is 1. The first kappa shape index (κ1) is 22.9. The minimum Gasteiger partial charge on any atom is -0.424 e. The van der Waals surface area contributed by atoms with Crippen LogP contribution in [-0.2, 0) is 0 Å². The number of rotatable bonds is 5. The molecule has 2 atom stereocenters. The average Bonchev–Trinajstić information content (AvgIpc) is 3.24. The van der Waals surface area contributed by atoms with Crippen LogP contribution in [0.3, 0.4) is 0 Å². The van der Waals surface area contributed by atoms with Gasteiger partial charge >= 0.3 is 0 Å². The maximum Gasteiger partial charge on any atom is 0.295 e. The Morgan fingerprint density at radius 3 is 2.80 bits per heavy atom. The van der Waals surface area contributed by atoms with Gasteiger partial charge in [-0.2, -0.15) is 4.98 Å². The minimum atomic E-state index is -0.530. The van der Waals surface area contributed by atoms with Crippen molar-refractivity contribution in [3.8, 4) is 11.4 Å². The fraction of sp³-hybridized carbons (Fsp3) is 0.308. The molecule has 2 aromatic carbocycles. The van der Waals surface area contributed by atoms with Crippen molar-refractivity contribution in [2.75, 3.05) is 18.4 Å². The van der Waals surface area contributed by atoms with E-state index in [9.17, 15) is 9.18 Å². The molecule has 1 N–H and O–H groups in total. The second-order valence-corrected chi connectivity index (χ2v) is 8.94. The zero-order valence-corrected chi connectivity index (χ0v) is 19.5. The third-order valence-electron chi connectivity index (χ3n) is 6.44. The molecule has 2 aromatic heterocycles. The molecule has 0 spiro atoms. The number of anilines is 1. The number of aryl methyl sites for hydroxylation is 1. The Morgan fingerprint density at radius 1 is 1.20 bits per heavy atom. The molecule has 7 nitrogen and oxygen atoms in total. The first-order valence-corrected chi connectivity index (χ1v) is 11.6. The Balaban J connectivity index is 1.44. The van der Waals surface area contributed by atoms with Gasteiger partial charge in [-0.3, -0.25) is 4.79 Å². The molecule has 2 unspecified atom stereocenters. The van der Waals surface area contributed by atoms with E-state index in [-0.39, 0.29) is 40.8 Å². The van der Waals surface area contributed by atoms with Crippen molar-refractivity contribution in [1.82, 2.24) is 19.9 Å². The average molecular weight is 478 g/mol. The van der Waals surface area contributed by atoms with Gasteiger partial charge in [0.25, 0.3) is 11.9 Å². The third-order valence-corrected chi connectivity index (χ3v) is 6.44. The molecule has 0 bridgehead atoms. The van der Waals surface area contributed by atoms with Gasteiger partial charge in [0.1, 0.15) is 17.2 Å². The summed E-state index contributed by atoms with van der Waals surface area (Å²) in [5.41, 5.74) is 1.88. The van der Waals surface area contributed by atoms with E-state index in [4.69, 9.17) is 4.42 Å². The van der Waals surface area contributed by atoms with Crippen LogP contribution in [0.15, 0.2) is 53.2 Å². The lowest BCUT2D eigenvalue weighted by Crippen LogP contribution is -2.51. The minimum absolute atomic E-state index is 0.104. The zero-order valence-electron chi connectivity index (χ0n) is 19.5. The predicted octanol–water partition coefficient (Wildman–Crippen LogP) is 5.22. The van der Waals surface area contributed by atoms with Gasteiger partial charge in [-0.1, -0.05) is 6.92 Å². The molecule has 180 valence electrons. The fourth-order valence-electron chi connectivity index (χ4n) is 4.70. The third kappa shape index (κ3) is 4.58. The highest BCUT2D eigenvalue weighted by Gasteiger charge is 2.34. The van der Waals surface area contributed by atoms with E-state index in [1.165, 1.54) is 36.7 Å². The lowest BCUT2D eigenvalue weighted by Gasteiger charge is -2.40. The van der Waals surface area contributed by atoms with E-state index in [1.54, 1.807) is 24.0 Å². The van der Waals surface area contributed by atoms with E-state index < -0.39 is 11.6 Å². The van der Waals surface area contributed by atoms with Gasteiger partial charge in [0.2, 0.25) is 0 Å². The van der Waals surface area contributed by atoms with E-state index >= 15 is 4.39 Å². The summed E-state index contributed by atoms with van der Waals surface area (Å²) in [6.07, 6.45) is 4.85. The van der Waals surface area contributed by atoms with Crippen molar-refractivity contribution in [3.05, 3.63) is 71.6 Å². The second kappa shape index (κ2) is 9.40. The van der Waals surface area contributed by atoms with Crippen LogP contribution >= 0.6 is 0 Å². The highest BCUT2D eigenvalue weighted by atomic mass is 19.1. The molecule has 1 aliphatic heterocycles. The summed E-state index contributed by atoms with van der Waals surface area (Å²) in [6.45, 7) is 4.77. The second-order valence-electron chi connectivity index (χ2n) is 8.94. The van der Waals surface area contributed by atoms with Gasteiger partial charge < -0.3 is 14.6 Å². The normalized spacial score (nSPS) is 18.1. The Hall–Kier alpha value is -3.88. The molecule has 5 rings (SSSR count). The van der Waals surface area contributed by atoms with Crippen molar-refractivity contribution >= 4 is 23.0 Å². The molecular formula is C26H25F2N5O2. The lowest BCUT2D eigenvalue weighted by atomic mass is 9.89. The summed E-state index contributed by atoms with van der Waals surface area (Å²) in [5.74, 6) is -0.829.